The van der Waals surface area contributed by atoms with Gasteiger partial charge in [0.15, 0.2) is 0 Å². The van der Waals surface area contributed by atoms with Gasteiger partial charge in [-0.3, -0.25) is 0 Å². The highest BCUT2D eigenvalue weighted by Gasteiger charge is 2.31. The van der Waals surface area contributed by atoms with Crippen LogP contribution in [0.4, 0.5) is 4.79 Å². The molecule has 1 aliphatic carbocycles. The van der Waals surface area contributed by atoms with E-state index in [1.54, 1.807) is 4.90 Å². The van der Waals surface area contributed by atoms with Gasteiger partial charge in [-0.05, 0) is 25.7 Å². The van der Waals surface area contributed by atoms with Gasteiger partial charge in [-0.15, -0.1) is 0 Å². The molecule has 5 heteroatoms. The smallest absolute Gasteiger partial charge is 0.326 e. The molecule has 0 spiro atoms. The molecule has 1 atom stereocenters. The van der Waals surface area contributed by atoms with Crippen LogP contribution in [0, 0.1) is 5.92 Å². The summed E-state index contributed by atoms with van der Waals surface area (Å²) >= 11 is 0. The van der Waals surface area contributed by atoms with Gasteiger partial charge in [-0.1, -0.05) is 24.5 Å². The topological polar surface area (TPSA) is 69.6 Å². The number of hydrogen-bond acceptors (Lipinski definition) is 2. The van der Waals surface area contributed by atoms with Crippen LogP contribution in [-0.2, 0) is 4.79 Å². The molecule has 0 bridgehead atoms. The molecule has 1 heterocycles. The average Bonchev–Trinajstić information content (AvgIpc) is 3.12. The van der Waals surface area contributed by atoms with Crippen LogP contribution in [0.15, 0.2) is 11.6 Å². The van der Waals surface area contributed by atoms with Crippen LogP contribution in [0.5, 0.6) is 0 Å². The third kappa shape index (κ3) is 3.48. The lowest BCUT2D eigenvalue weighted by molar-refractivity contribution is -0.139. The molecule has 2 aliphatic rings. The molecule has 0 unspecified atom stereocenters. The number of urea groups is 1. The number of hydrogen-bond donors (Lipinski definition) is 2. The Morgan fingerprint density at radius 2 is 2.28 bits per heavy atom. The Morgan fingerprint density at radius 1 is 1.56 bits per heavy atom. The number of nitrogens with zero attached hydrogens (tertiary/aromatic N) is 1. The van der Waals surface area contributed by atoms with Crippen LogP contribution in [0.3, 0.4) is 0 Å². The van der Waals surface area contributed by atoms with E-state index in [4.69, 9.17) is 5.11 Å². The van der Waals surface area contributed by atoms with Crippen molar-refractivity contribution in [3.8, 4) is 0 Å². The fourth-order valence-electron chi connectivity index (χ4n) is 2.10. The fourth-order valence-corrected chi connectivity index (χ4v) is 2.10. The Balaban J connectivity index is 1.86. The fraction of sp³-hybridized carbons (Fsp3) is 0.692. The van der Waals surface area contributed by atoms with Gasteiger partial charge in [-0.25, -0.2) is 9.59 Å². The number of carboxylic acids is 1. The average molecular weight is 252 g/mol. The number of amides is 2. The first kappa shape index (κ1) is 12.9. The molecule has 100 valence electrons. The van der Waals surface area contributed by atoms with Crippen LogP contribution in [0.2, 0.25) is 0 Å². The molecule has 5 nitrogen and oxygen atoms in total. The number of nitrogens with one attached hydrogen (secondary N) is 1. The predicted octanol–water partition coefficient (Wildman–Crippen LogP) is 1.60. The summed E-state index contributed by atoms with van der Waals surface area (Å²) in [5.74, 6) is -0.450. The van der Waals surface area contributed by atoms with Crippen molar-refractivity contribution in [3.63, 3.8) is 0 Å². The second-order valence-electron chi connectivity index (χ2n) is 5.27. The largest absolute Gasteiger partial charge is 0.480 e. The number of aliphatic carboxylic acids is 1. The summed E-state index contributed by atoms with van der Waals surface area (Å²) in [4.78, 5) is 24.7. The minimum absolute atomic E-state index is 0.258. The minimum Gasteiger partial charge on any atom is -0.480 e. The van der Waals surface area contributed by atoms with Crippen molar-refractivity contribution < 1.29 is 14.7 Å². The zero-order chi connectivity index (χ0) is 13.1. The molecule has 2 rings (SSSR count). The first-order chi connectivity index (χ1) is 8.56. The van der Waals surface area contributed by atoms with E-state index in [2.05, 4.69) is 5.32 Å². The van der Waals surface area contributed by atoms with Crippen molar-refractivity contribution in [1.29, 1.82) is 0 Å². The molecular weight excluding hydrogens is 232 g/mol. The zero-order valence-electron chi connectivity index (χ0n) is 10.7. The van der Waals surface area contributed by atoms with E-state index in [1.807, 2.05) is 13.0 Å². The SMILES string of the molecule is CC1=CCN(C(=O)N[C@@H](CC2CC2)C(=O)O)CC1. The van der Waals surface area contributed by atoms with Crippen molar-refractivity contribution >= 4 is 12.0 Å². The molecule has 0 aromatic heterocycles. The van der Waals surface area contributed by atoms with Gasteiger partial charge < -0.3 is 15.3 Å². The van der Waals surface area contributed by atoms with Gasteiger partial charge in [0.25, 0.3) is 0 Å². The highest BCUT2D eigenvalue weighted by molar-refractivity contribution is 5.82. The van der Waals surface area contributed by atoms with Crippen molar-refractivity contribution in [2.24, 2.45) is 5.92 Å². The molecule has 2 N–H and O–H groups in total. The Morgan fingerprint density at radius 3 is 2.78 bits per heavy atom. The van der Waals surface area contributed by atoms with E-state index < -0.39 is 12.0 Å². The van der Waals surface area contributed by atoms with Crippen LogP contribution >= 0.6 is 0 Å². The first-order valence-corrected chi connectivity index (χ1v) is 6.50. The lowest BCUT2D eigenvalue weighted by Gasteiger charge is -2.27. The molecular formula is C13H20N2O3. The molecule has 0 aromatic rings. The Bertz CT molecular complexity index is 374. The summed E-state index contributed by atoms with van der Waals surface area (Å²) in [5, 5.41) is 11.7. The van der Waals surface area contributed by atoms with Crippen molar-refractivity contribution in [3.05, 3.63) is 11.6 Å². The molecule has 1 fully saturated rings. The predicted molar refractivity (Wildman–Crippen MR) is 67.2 cm³/mol. The van der Waals surface area contributed by atoms with E-state index in [0.29, 0.717) is 25.4 Å². The summed E-state index contributed by atoms with van der Waals surface area (Å²) in [6.45, 7) is 3.29. The van der Waals surface area contributed by atoms with E-state index in [1.165, 1.54) is 5.57 Å². The van der Waals surface area contributed by atoms with Crippen molar-refractivity contribution in [1.82, 2.24) is 10.2 Å². The number of carbonyl (C=O) groups excluding carboxylic acids is 1. The molecule has 1 saturated carbocycles. The summed E-state index contributed by atoms with van der Waals surface area (Å²) in [7, 11) is 0. The second-order valence-corrected chi connectivity index (χ2v) is 5.27. The lowest BCUT2D eigenvalue weighted by atomic mass is 10.1. The third-order valence-electron chi connectivity index (χ3n) is 3.59. The maximum Gasteiger partial charge on any atom is 0.326 e. The molecule has 0 saturated heterocycles. The Kier molecular flexibility index (Phi) is 3.89. The highest BCUT2D eigenvalue weighted by Crippen LogP contribution is 2.33. The van der Waals surface area contributed by atoms with Gasteiger partial charge in [0.2, 0.25) is 0 Å². The summed E-state index contributed by atoms with van der Waals surface area (Å²) in [6, 6.07) is -0.996. The molecule has 2 amide bonds. The molecule has 0 aromatic carbocycles. The van der Waals surface area contributed by atoms with Crippen LogP contribution in [-0.4, -0.2) is 41.1 Å². The van der Waals surface area contributed by atoms with Crippen LogP contribution in [0.1, 0.15) is 32.6 Å². The van der Waals surface area contributed by atoms with E-state index in [0.717, 1.165) is 19.3 Å². The lowest BCUT2D eigenvalue weighted by Crippen LogP contribution is -2.49. The van der Waals surface area contributed by atoms with E-state index >= 15 is 0 Å². The normalized spacial score (nSPS) is 21.2. The zero-order valence-corrected chi connectivity index (χ0v) is 10.7. The molecule has 1 aliphatic heterocycles. The Hall–Kier alpha value is -1.52. The van der Waals surface area contributed by atoms with Gasteiger partial charge in [0, 0.05) is 13.1 Å². The standard InChI is InChI=1S/C13H20N2O3/c1-9-4-6-15(7-5-9)13(18)14-11(12(16)17)8-10-2-3-10/h4,10-11H,2-3,5-8H2,1H3,(H,14,18)(H,16,17)/t11-/m0/s1. The maximum absolute atomic E-state index is 11.9. The van der Waals surface area contributed by atoms with Gasteiger partial charge in [0.05, 0.1) is 0 Å². The monoisotopic (exact) mass is 252 g/mol. The van der Waals surface area contributed by atoms with Crippen molar-refractivity contribution in [2.45, 2.75) is 38.6 Å². The van der Waals surface area contributed by atoms with Gasteiger partial charge >= 0.3 is 12.0 Å². The van der Waals surface area contributed by atoms with Gasteiger partial charge in [0.1, 0.15) is 6.04 Å². The summed E-state index contributed by atoms with van der Waals surface area (Å²) in [6.07, 6.45) is 5.62. The number of carboxylic acid groups (broad SMARTS) is 1. The number of carbonyl (C=O) groups is 2. The molecule has 0 radical (unpaired) electrons. The van der Waals surface area contributed by atoms with Gasteiger partial charge in [-0.2, -0.15) is 0 Å². The first-order valence-electron chi connectivity index (χ1n) is 6.50. The summed E-state index contributed by atoms with van der Waals surface area (Å²) < 4.78 is 0. The van der Waals surface area contributed by atoms with Crippen molar-refractivity contribution in [2.75, 3.05) is 13.1 Å². The van der Waals surface area contributed by atoms with E-state index in [9.17, 15) is 9.59 Å². The maximum atomic E-state index is 11.9. The van der Waals surface area contributed by atoms with E-state index in [-0.39, 0.29) is 6.03 Å². The van der Waals surface area contributed by atoms with Crippen LogP contribution < -0.4 is 5.32 Å². The quantitative estimate of drug-likeness (QED) is 0.747. The Labute approximate surface area is 107 Å². The number of rotatable bonds is 4. The molecule has 18 heavy (non-hydrogen) atoms. The third-order valence-corrected chi connectivity index (χ3v) is 3.59. The minimum atomic E-state index is -0.931. The second kappa shape index (κ2) is 5.42. The van der Waals surface area contributed by atoms with Crippen LogP contribution in [0.25, 0.3) is 0 Å². The highest BCUT2D eigenvalue weighted by atomic mass is 16.4. The summed E-state index contributed by atoms with van der Waals surface area (Å²) in [5.41, 5.74) is 1.28.